The van der Waals surface area contributed by atoms with Gasteiger partial charge in [-0.1, -0.05) is 212 Å². The van der Waals surface area contributed by atoms with Crippen LogP contribution in [-0.4, -0.2) is 73.4 Å². The van der Waals surface area contributed by atoms with Crippen LogP contribution in [0.25, 0.3) is 0 Å². The second kappa shape index (κ2) is 48.7. The third kappa shape index (κ3) is 50.5. The SMILES string of the molecule is CC/C=C\C/C=C\C/C=C\C/C=C\C/C=C\C/C=C\C/C=C\C/C=C\C/C=C\C/C=C\C/C=C\CCCCCC(=O)NC(COP(=O)(O)OCC[N+](C)(C)C)C(O)CCCCCCCCCCC. The number of allylic oxidation sites excluding steroid dienone is 22. The molecular formula is C59H100N2O6P+. The van der Waals surface area contributed by atoms with Gasteiger partial charge in [0, 0.05) is 6.42 Å². The summed E-state index contributed by atoms with van der Waals surface area (Å²) in [5.41, 5.74) is 0. The van der Waals surface area contributed by atoms with E-state index < -0.39 is 20.0 Å². The molecule has 0 spiro atoms. The van der Waals surface area contributed by atoms with Crippen LogP contribution in [0.4, 0.5) is 0 Å². The van der Waals surface area contributed by atoms with Gasteiger partial charge in [-0.05, 0) is 96.3 Å². The fourth-order valence-corrected chi connectivity index (χ4v) is 7.49. The Hall–Kier alpha value is -3.36. The number of rotatable bonds is 46. The highest BCUT2D eigenvalue weighted by Gasteiger charge is 2.28. The van der Waals surface area contributed by atoms with E-state index in [4.69, 9.17) is 9.05 Å². The molecule has 0 aromatic rings. The molecule has 3 unspecified atom stereocenters. The van der Waals surface area contributed by atoms with Gasteiger partial charge in [-0.2, -0.15) is 0 Å². The standard InChI is InChI=1S/C59H99N2O6P/c1-6-8-10-12-14-16-17-18-19-20-21-22-23-24-25-26-27-28-29-30-31-32-33-34-35-36-37-38-39-40-41-42-43-45-47-49-51-53-59(63)60-57(56-67-68(64,65)66-55-54-61(3,4)5)58(62)52-50-48-46-44-15-13-11-9-7-2/h8,10,14,16,18-19,21-22,24-25,27-28,30-31,33-34,36-37,39-40,42-43,57-58,62H,6-7,9,11-13,15,17,20,23,26,29,32,35,38,41,44-56H2,1-5H3,(H-,60,63,64,65)/p+1/b10-8-,16-14-,19-18-,22-21-,25-24-,28-27-,31-30-,34-33-,37-36-,40-39-,43-42-. The van der Waals surface area contributed by atoms with Crippen LogP contribution in [0.2, 0.25) is 0 Å². The van der Waals surface area contributed by atoms with E-state index in [-0.39, 0.29) is 19.1 Å². The van der Waals surface area contributed by atoms with E-state index in [1.807, 2.05) is 21.1 Å². The van der Waals surface area contributed by atoms with Crippen LogP contribution in [-0.2, 0) is 18.4 Å². The van der Waals surface area contributed by atoms with Crippen molar-refractivity contribution in [2.24, 2.45) is 0 Å². The second-order valence-corrected chi connectivity index (χ2v) is 20.0. The summed E-state index contributed by atoms with van der Waals surface area (Å²) in [5.74, 6) is -0.185. The monoisotopic (exact) mass is 964 g/mol. The summed E-state index contributed by atoms with van der Waals surface area (Å²) >= 11 is 0. The van der Waals surface area contributed by atoms with E-state index >= 15 is 0 Å². The summed E-state index contributed by atoms with van der Waals surface area (Å²) in [5, 5.41) is 13.9. The quantitative estimate of drug-likeness (QED) is 0.0243. The summed E-state index contributed by atoms with van der Waals surface area (Å²) in [4.78, 5) is 23.1. The fraction of sp³-hybridized carbons (Fsp3) is 0.610. The number of carbonyl (C=O) groups is 1. The number of amides is 1. The number of aliphatic hydroxyl groups is 1. The topological polar surface area (TPSA) is 105 Å². The first-order valence-electron chi connectivity index (χ1n) is 26.5. The van der Waals surface area contributed by atoms with Crippen LogP contribution in [0.3, 0.4) is 0 Å². The maximum absolute atomic E-state index is 12.9. The molecule has 0 aliphatic carbocycles. The molecule has 0 radical (unpaired) electrons. The van der Waals surface area contributed by atoms with Gasteiger partial charge in [0.2, 0.25) is 5.91 Å². The highest BCUT2D eigenvalue weighted by molar-refractivity contribution is 7.47. The maximum Gasteiger partial charge on any atom is 0.472 e. The van der Waals surface area contributed by atoms with Crippen molar-refractivity contribution in [2.45, 2.75) is 193 Å². The summed E-state index contributed by atoms with van der Waals surface area (Å²) in [6.07, 6.45) is 73.7. The zero-order valence-corrected chi connectivity index (χ0v) is 44.7. The first-order chi connectivity index (χ1) is 33.0. The van der Waals surface area contributed by atoms with Crippen LogP contribution in [0, 0.1) is 0 Å². The third-order valence-corrected chi connectivity index (χ3v) is 11.9. The Labute approximate surface area is 417 Å². The fourth-order valence-electron chi connectivity index (χ4n) is 6.75. The Morgan fingerprint density at radius 2 is 0.882 bits per heavy atom. The van der Waals surface area contributed by atoms with Gasteiger partial charge in [0.15, 0.2) is 0 Å². The number of hydrogen-bond donors (Lipinski definition) is 3. The minimum absolute atomic E-state index is 0.0601. The Morgan fingerprint density at radius 1 is 0.515 bits per heavy atom. The lowest BCUT2D eigenvalue weighted by Crippen LogP contribution is -2.46. The predicted molar refractivity (Wildman–Crippen MR) is 294 cm³/mol. The van der Waals surface area contributed by atoms with E-state index in [1.165, 1.54) is 38.5 Å². The van der Waals surface area contributed by atoms with Crippen molar-refractivity contribution in [1.29, 1.82) is 0 Å². The van der Waals surface area contributed by atoms with Crippen molar-refractivity contribution in [3.63, 3.8) is 0 Å². The van der Waals surface area contributed by atoms with Crippen LogP contribution in [0.5, 0.6) is 0 Å². The molecule has 0 aliphatic heterocycles. The average Bonchev–Trinajstić information content (AvgIpc) is 3.30. The number of unbranched alkanes of at least 4 members (excludes halogenated alkanes) is 11. The van der Waals surface area contributed by atoms with Crippen molar-refractivity contribution >= 4 is 13.7 Å². The first kappa shape index (κ1) is 64.6. The highest BCUT2D eigenvalue weighted by atomic mass is 31.2. The number of aliphatic hydroxyl groups excluding tert-OH is 1. The van der Waals surface area contributed by atoms with Gasteiger partial charge < -0.3 is 19.8 Å². The lowest BCUT2D eigenvalue weighted by atomic mass is 10.0. The van der Waals surface area contributed by atoms with Crippen LogP contribution in [0.15, 0.2) is 134 Å². The molecule has 0 fully saturated rings. The minimum atomic E-state index is -4.33. The molecule has 8 nitrogen and oxygen atoms in total. The number of likely N-dealkylation sites (N-methyl/N-ethyl adjacent to an activating group) is 1. The van der Waals surface area contributed by atoms with Crippen molar-refractivity contribution in [1.82, 2.24) is 5.32 Å². The van der Waals surface area contributed by atoms with E-state index in [0.29, 0.717) is 23.9 Å². The Bertz CT molecular complexity index is 1560. The van der Waals surface area contributed by atoms with Gasteiger partial charge in [-0.15, -0.1) is 0 Å². The normalized spacial score (nSPS) is 15.1. The Morgan fingerprint density at radius 3 is 1.28 bits per heavy atom. The molecule has 0 aliphatic rings. The highest BCUT2D eigenvalue weighted by Crippen LogP contribution is 2.43. The van der Waals surface area contributed by atoms with E-state index in [0.717, 1.165) is 116 Å². The van der Waals surface area contributed by atoms with Gasteiger partial charge in [0.05, 0.1) is 39.9 Å². The van der Waals surface area contributed by atoms with Crippen molar-refractivity contribution in [3.8, 4) is 0 Å². The van der Waals surface area contributed by atoms with Crippen LogP contribution < -0.4 is 5.32 Å². The number of nitrogens with one attached hydrogen (secondary N) is 1. The lowest BCUT2D eigenvalue weighted by Gasteiger charge is -2.26. The first-order valence-corrected chi connectivity index (χ1v) is 28.0. The summed E-state index contributed by atoms with van der Waals surface area (Å²) < 4.78 is 23.6. The molecule has 0 saturated carbocycles. The number of phosphoric ester groups is 1. The van der Waals surface area contributed by atoms with Crippen LogP contribution in [0.1, 0.15) is 181 Å². The molecular weight excluding hydrogens is 864 g/mol. The van der Waals surface area contributed by atoms with E-state index in [1.54, 1.807) is 0 Å². The second-order valence-electron chi connectivity index (χ2n) is 18.5. The maximum atomic E-state index is 12.9. The van der Waals surface area contributed by atoms with Gasteiger partial charge in [0.25, 0.3) is 0 Å². The zero-order valence-electron chi connectivity index (χ0n) is 43.8. The predicted octanol–water partition coefficient (Wildman–Crippen LogP) is 16.0. The molecule has 1 amide bonds. The van der Waals surface area contributed by atoms with Gasteiger partial charge in [-0.25, -0.2) is 4.57 Å². The number of phosphoric acid groups is 1. The molecule has 0 saturated heterocycles. The Balaban J connectivity index is 4.18. The van der Waals surface area contributed by atoms with Crippen molar-refractivity contribution in [3.05, 3.63) is 134 Å². The van der Waals surface area contributed by atoms with E-state index in [9.17, 15) is 19.4 Å². The van der Waals surface area contributed by atoms with Gasteiger partial charge >= 0.3 is 7.82 Å². The smallest absolute Gasteiger partial charge is 0.391 e. The molecule has 9 heteroatoms. The molecule has 3 atom stereocenters. The Kier molecular flexibility index (Phi) is 46.3. The summed E-state index contributed by atoms with van der Waals surface area (Å²) in [6, 6.07) is -0.786. The molecule has 0 rings (SSSR count). The zero-order chi connectivity index (χ0) is 49.9. The number of nitrogens with zero attached hydrogens (tertiary/aromatic N) is 1. The van der Waals surface area contributed by atoms with Crippen LogP contribution >= 0.6 is 7.82 Å². The average molecular weight is 964 g/mol. The molecule has 0 aromatic heterocycles. The lowest BCUT2D eigenvalue weighted by molar-refractivity contribution is -0.870. The molecule has 0 heterocycles. The minimum Gasteiger partial charge on any atom is -0.391 e. The summed E-state index contributed by atoms with van der Waals surface area (Å²) in [6.45, 7) is 4.69. The molecule has 386 valence electrons. The number of carbonyl (C=O) groups excluding carboxylic acids is 1. The molecule has 3 N–H and O–H groups in total. The molecule has 0 bridgehead atoms. The van der Waals surface area contributed by atoms with Gasteiger partial charge in [-0.3, -0.25) is 13.8 Å². The molecule has 0 aromatic carbocycles. The third-order valence-electron chi connectivity index (χ3n) is 10.9. The molecule has 68 heavy (non-hydrogen) atoms. The summed E-state index contributed by atoms with van der Waals surface area (Å²) in [7, 11) is 1.57. The van der Waals surface area contributed by atoms with E-state index in [2.05, 4.69) is 153 Å². The van der Waals surface area contributed by atoms with Crippen molar-refractivity contribution < 1.29 is 32.9 Å². The number of quaternary nitrogens is 1. The number of hydrogen-bond acceptors (Lipinski definition) is 5. The van der Waals surface area contributed by atoms with Crippen molar-refractivity contribution in [2.75, 3.05) is 40.9 Å². The largest absolute Gasteiger partial charge is 0.472 e. The van der Waals surface area contributed by atoms with Gasteiger partial charge in [0.1, 0.15) is 13.2 Å².